The van der Waals surface area contributed by atoms with Crippen LogP contribution in [0.25, 0.3) is 0 Å². The zero-order valence-electron chi connectivity index (χ0n) is 10.9. The van der Waals surface area contributed by atoms with Crippen LogP contribution >= 0.6 is 0 Å². The molecular formula is C13H24N4. The summed E-state index contributed by atoms with van der Waals surface area (Å²) in [6.45, 7) is 5.59. The molecule has 96 valence electrons. The molecule has 1 aromatic heterocycles. The van der Waals surface area contributed by atoms with Crippen LogP contribution in [0.15, 0.2) is 18.3 Å². The molecule has 0 saturated carbocycles. The summed E-state index contributed by atoms with van der Waals surface area (Å²) in [5.74, 6) is 0. The zero-order chi connectivity index (χ0) is 12.1. The second kappa shape index (κ2) is 6.19. The summed E-state index contributed by atoms with van der Waals surface area (Å²) in [5.41, 5.74) is 1.29. The Balaban J connectivity index is 1.70. The molecule has 0 aromatic carbocycles. The summed E-state index contributed by atoms with van der Waals surface area (Å²) >= 11 is 0. The normalized spacial score (nSPS) is 22.2. The highest BCUT2D eigenvalue weighted by atomic mass is 15.2. The van der Waals surface area contributed by atoms with E-state index in [0.717, 1.165) is 26.2 Å². The minimum absolute atomic E-state index is 0.690. The van der Waals surface area contributed by atoms with Crippen molar-refractivity contribution in [3.8, 4) is 0 Å². The number of rotatable bonds is 5. The van der Waals surface area contributed by atoms with Crippen LogP contribution in [-0.4, -0.2) is 61.1 Å². The van der Waals surface area contributed by atoms with Gasteiger partial charge in [-0.15, -0.1) is 0 Å². The van der Waals surface area contributed by atoms with Gasteiger partial charge >= 0.3 is 0 Å². The first-order valence-electron chi connectivity index (χ1n) is 6.47. The minimum Gasteiger partial charge on any atom is -0.364 e. The fourth-order valence-corrected chi connectivity index (χ4v) is 2.39. The molecule has 0 radical (unpaired) electrons. The van der Waals surface area contributed by atoms with Gasteiger partial charge in [0.25, 0.3) is 0 Å². The summed E-state index contributed by atoms with van der Waals surface area (Å²) in [5, 5.41) is 3.47. The van der Waals surface area contributed by atoms with Crippen molar-refractivity contribution >= 4 is 0 Å². The predicted octanol–water partition coefficient (Wildman–Crippen LogP) is 0.740. The molecule has 1 atom stereocenters. The van der Waals surface area contributed by atoms with Gasteiger partial charge in [-0.1, -0.05) is 0 Å². The Bertz CT molecular complexity index is 309. The standard InChI is InChI=1S/C13H24N4/c1-16(11-12-4-3-6-15-12)8-5-13-10-14-7-9-17(13)2/h3-4,6,13-15H,5,7-11H2,1-2H3. The summed E-state index contributed by atoms with van der Waals surface area (Å²) in [4.78, 5) is 8.10. The Morgan fingerprint density at radius 3 is 3.12 bits per heavy atom. The van der Waals surface area contributed by atoms with Crippen molar-refractivity contribution in [3.63, 3.8) is 0 Å². The first-order chi connectivity index (χ1) is 8.25. The molecule has 0 spiro atoms. The van der Waals surface area contributed by atoms with E-state index in [1.165, 1.54) is 18.7 Å². The molecule has 1 fully saturated rings. The quantitative estimate of drug-likeness (QED) is 0.791. The van der Waals surface area contributed by atoms with Crippen molar-refractivity contribution in [3.05, 3.63) is 24.0 Å². The van der Waals surface area contributed by atoms with Gasteiger partial charge in [-0.3, -0.25) is 0 Å². The van der Waals surface area contributed by atoms with E-state index in [1.807, 2.05) is 6.20 Å². The molecule has 1 aromatic rings. The Kier molecular flexibility index (Phi) is 4.59. The van der Waals surface area contributed by atoms with Gasteiger partial charge in [0.2, 0.25) is 0 Å². The maximum absolute atomic E-state index is 3.47. The van der Waals surface area contributed by atoms with Gasteiger partial charge < -0.3 is 20.1 Å². The fraction of sp³-hybridized carbons (Fsp3) is 0.692. The molecule has 2 N–H and O–H groups in total. The van der Waals surface area contributed by atoms with E-state index in [0.29, 0.717) is 6.04 Å². The largest absolute Gasteiger partial charge is 0.364 e. The Hall–Kier alpha value is -0.840. The highest BCUT2D eigenvalue weighted by molar-refractivity contribution is 5.03. The lowest BCUT2D eigenvalue weighted by molar-refractivity contribution is 0.171. The number of hydrogen-bond donors (Lipinski definition) is 2. The van der Waals surface area contributed by atoms with Gasteiger partial charge in [-0.2, -0.15) is 0 Å². The second-order valence-corrected chi connectivity index (χ2v) is 5.06. The molecule has 0 bridgehead atoms. The number of piperazine rings is 1. The summed E-state index contributed by atoms with van der Waals surface area (Å²) in [7, 11) is 4.42. The van der Waals surface area contributed by atoms with E-state index in [-0.39, 0.29) is 0 Å². The van der Waals surface area contributed by atoms with E-state index in [4.69, 9.17) is 0 Å². The summed E-state index contributed by atoms with van der Waals surface area (Å²) < 4.78 is 0. The number of aromatic nitrogens is 1. The van der Waals surface area contributed by atoms with Gasteiger partial charge in [0.05, 0.1) is 0 Å². The Morgan fingerprint density at radius 2 is 2.41 bits per heavy atom. The third-order valence-electron chi connectivity index (χ3n) is 3.59. The average molecular weight is 236 g/mol. The second-order valence-electron chi connectivity index (χ2n) is 5.06. The maximum Gasteiger partial charge on any atom is 0.0382 e. The molecule has 1 unspecified atom stereocenters. The highest BCUT2D eigenvalue weighted by Crippen LogP contribution is 2.07. The van der Waals surface area contributed by atoms with E-state index in [9.17, 15) is 0 Å². The van der Waals surface area contributed by atoms with E-state index < -0.39 is 0 Å². The molecule has 4 nitrogen and oxygen atoms in total. The van der Waals surface area contributed by atoms with Crippen LogP contribution in [0.4, 0.5) is 0 Å². The molecule has 1 aliphatic rings. The third kappa shape index (κ3) is 3.84. The van der Waals surface area contributed by atoms with Crippen molar-refractivity contribution in [1.82, 2.24) is 20.1 Å². The van der Waals surface area contributed by atoms with Crippen LogP contribution < -0.4 is 5.32 Å². The topological polar surface area (TPSA) is 34.3 Å². The Labute approximate surface area is 104 Å². The first kappa shape index (κ1) is 12.6. The third-order valence-corrected chi connectivity index (χ3v) is 3.59. The molecule has 1 aliphatic heterocycles. The zero-order valence-corrected chi connectivity index (χ0v) is 10.9. The predicted molar refractivity (Wildman–Crippen MR) is 71.0 cm³/mol. The fourth-order valence-electron chi connectivity index (χ4n) is 2.39. The van der Waals surface area contributed by atoms with E-state index in [1.54, 1.807) is 0 Å². The minimum atomic E-state index is 0.690. The van der Waals surface area contributed by atoms with Gasteiger partial charge in [-0.05, 0) is 39.2 Å². The van der Waals surface area contributed by atoms with Gasteiger partial charge in [-0.25, -0.2) is 0 Å². The number of aromatic amines is 1. The lowest BCUT2D eigenvalue weighted by Gasteiger charge is -2.34. The molecule has 1 saturated heterocycles. The smallest absolute Gasteiger partial charge is 0.0382 e. The van der Waals surface area contributed by atoms with E-state index >= 15 is 0 Å². The van der Waals surface area contributed by atoms with Crippen molar-refractivity contribution < 1.29 is 0 Å². The summed E-state index contributed by atoms with van der Waals surface area (Å²) in [6.07, 6.45) is 3.22. The lowest BCUT2D eigenvalue weighted by Crippen LogP contribution is -2.50. The number of H-pyrrole nitrogens is 1. The first-order valence-corrected chi connectivity index (χ1v) is 6.47. The molecule has 0 amide bonds. The Morgan fingerprint density at radius 1 is 1.53 bits per heavy atom. The molecule has 2 heterocycles. The number of likely N-dealkylation sites (N-methyl/N-ethyl adjacent to an activating group) is 1. The molecular weight excluding hydrogens is 212 g/mol. The van der Waals surface area contributed by atoms with Crippen LogP contribution in [0.2, 0.25) is 0 Å². The van der Waals surface area contributed by atoms with Crippen LogP contribution in [0.1, 0.15) is 12.1 Å². The highest BCUT2D eigenvalue weighted by Gasteiger charge is 2.18. The van der Waals surface area contributed by atoms with E-state index in [2.05, 4.69) is 46.3 Å². The molecule has 4 heteroatoms. The average Bonchev–Trinajstić information content (AvgIpc) is 2.81. The number of hydrogen-bond acceptors (Lipinski definition) is 3. The van der Waals surface area contributed by atoms with Crippen LogP contribution in [0, 0.1) is 0 Å². The van der Waals surface area contributed by atoms with Crippen molar-refractivity contribution in [2.45, 2.75) is 19.0 Å². The van der Waals surface area contributed by atoms with Gasteiger partial charge in [0.1, 0.15) is 0 Å². The van der Waals surface area contributed by atoms with Gasteiger partial charge in [0, 0.05) is 44.1 Å². The van der Waals surface area contributed by atoms with Crippen LogP contribution in [-0.2, 0) is 6.54 Å². The monoisotopic (exact) mass is 236 g/mol. The van der Waals surface area contributed by atoms with Crippen LogP contribution in [0.5, 0.6) is 0 Å². The summed E-state index contributed by atoms with van der Waals surface area (Å²) in [6, 6.07) is 4.89. The molecule has 0 aliphatic carbocycles. The van der Waals surface area contributed by atoms with Crippen molar-refractivity contribution in [1.29, 1.82) is 0 Å². The van der Waals surface area contributed by atoms with Crippen molar-refractivity contribution in [2.24, 2.45) is 0 Å². The van der Waals surface area contributed by atoms with Gasteiger partial charge in [0.15, 0.2) is 0 Å². The lowest BCUT2D eigenvalue weighted by atomic mass is 10.1. The number of nitrogens with one attached hydrogen (secondary N) is 2. The van der Waals surface area contributed by atoms with Crippen molar-refractivity contribution in [2.75, 3.05) is 40.3 Å². The molecule has 2 rings (SSSR count). The molecule has 17 heavy (non-hydrogen) atoms. The van der Waals surface area contributed by atoms with Crippen LogP contribution in [0.3, 0.4) is 0 Å². The maximum atomic E-state index is 3.47. The SMILES string of the molecule is CN(CCC1CNCCN1C)Cc1ccc[nH]1. The number of nitrogens with zero attached hydrogens (tertiary/aromatic N) is 2.